The Hall–Kier alpha value is -0.490. The Balaban J connectivity index is 3.00. The normalized spacial score (nSPS) is 11.5. The highest BCUT2D eigenvalue weighted by atomic mass is 79.9. The van der Waals surface area contributed by atoms with Crippen LogP contribution in [0.5, 0.6) is 5.75 Å². The van der Waals surface area contributed by atoms with Crippen LogP contribution in [-0.2, 0) is 20.2 Å². The highest BCUT2D eigenvalue weighted by Gasteiger charge is 2.29. The molecule has 1 aromatic carbocycles. The summed E-state index contributed by atoms with van der Waals surface area (Å²) in [5, 5.41) is 0. The molecule has 1 rings (SSSR count). The molecule has 0 aliphatic heterocycles. The SMILES string of the molecule is COc1ccc(Br)c(CP(=O)(OF)OF)c1. The summed E-state index contributed by atoms with van der Waals surface area (Å²) in [5.74, 6) is 0.461. The molecule has 90 valence electrons. The molecule has 4 nitrogen and oxygen atoms in total. The Morgan fingerprint density at radius 2 is 2.00 bits per heavy atom. The van der Waals surface area contributed by atoms with E-state index in [1.807, 2.05) is 0 Å². The summed E-state index contributed by atoms with van der Waals surface area (Å²) in [6.07, 6.45) is -0.544. The number of ether oxygens (including phenoxy) is 1. The van der Waals surface area contributed by atoms with Crippen molar-refractivity contribution in [3.8, 4) is 5.75 Å². The van der Waals surface area contributed by atoms with Crippen LogP contribution in [0.4, 0.5) is 9.05 Å². The van der Waals surface area contributed by atoms with Gasteiger partial charge in [0.2, 0.25) is 0 Å². The number of rotatable bonds is 5. The number of hydrogen-bond donors (Lipinski definition) is 0. The molecule has 0 fully saturated rings. The summed E-state index contributed by atoms with van der Waals surface area (Å²) < 4.78 is 46.4. The van der Waals surface area contributed by atoms with Crippen LogP contribution in [0.25, 0.3) is 0 Å². The molecule has 0 aliphatic rings. The molecule has 0 amide bonds. The minimum atomic E-state index is -4.38. The van der Waals surface area contributed by atoms with E-state index in [0.717, 1.165) is 0 Å². The van der Waals surface area contributed by atoms with Crippen molar-refractivity contribution >= 4 is 23.5 Å². The van der Waals surface area contributed by atoms with E-state index in [2.05, 4.69) is 25.4 Å². The maximum atomic E-state index is 11.9. The second kappa shape index (κ2) is 5.72. The van der Waals surface area contributed by atoms with E-state index in [-0.39, 0.29) is 0 Å². The first kappa shape index (κ1) is 13.6. The van der Waals surface area contributed by atoms with Crippen LogP contribution in [0.3, 0.4) is 0 Å². The van der Waals surface area contributed by atoms with Crippen molar-refractivity contribution in [2.45, 2.75) is 6.16 Å². The molecular formula is C8H8BrF2O4P. The quantitative estimate of drug-likeness (QED) is 0.771. The number of halogens is 3. The van der Waals surface area contributed by atoms with Gasteiger partial charge in [0.15, 0.2) is 0 Å². The second-order valence-electron chi connectivity index (χ2n) is 2.86. The van der Waals surface area contributed by atoms with Crippen LogP contribution in [-0.4, -0.2) is 7.11 Å². The van der Waals surface area contributed by atoms with Crippen LogP contribution >= 0.6 is 23.5 Å². The third-order valence-corrected chi connectivity index (χ3v) is 3.75. The average molecular weight is 317 g/mol. The number of benzene rings is 1. The Kier molecular flexibility index (Phi) is 4.86. The maximum absolute atomic E-state index is 11.9. The van der Waals surface area contributed by atoms with Gasteiger partial charge in [-0.15, -0.1) is 9.46 Å². The second-order valence-corrected chi connectivity index (χ2v) is 5.53. The summed E-state index contributed by atoms with van der Waals surface area (Å²) in [6, 6.07) is 4.69. The molecule has 16 heavy (non-hydrogen) atoms. The highest BCUT2D eigenvalue weighted by Crippen LogP contribution is 2.53. The van der Waals surface area contributed by atoms with Crippen LogP contribution in [0.2, 0.25) is 0 Å². The molecule has 0 heterocycles. The van der Waals surface area contributed by atoms with E-state index in [4.69, 9.17) is 4.74 Å². The Labute approximate surface area is 99.0 Å². The zero-order valence-corrected chi connectivity index (χ0v) is 10.6. The minimum absolute atomic E-state index is 0.345. The zero-order valence-electron chi connectivity index (χ0n) is 8.15. The fourth-order valence-corrected chi connectivity index (χ4v) is 2.47. The highest BCUT2D eigenvalue weighted by molar-refractivity contribution is 9.10. The fraction of sp³-hybridized carbons (Fsp3) is 0.250. The fourth-order valence-electron chi connectivity index (χ4n) is 1.07. The lowest BCUT2D eigenvalue weighted by molar-refractivity contribution is -0.0881. The van der Waals surface area contributed by atoms with Crippen molar-refractivity contribution < 1.29 is 27.8 Å². The summed E-state index contributed by atoms with van der Waals surface area (Å²) >= 11 is 3.14. The third kappa shape index (κ3) is 3.25. The Morgan fingerprint density at radius 3 is 2.50 bits per heavy atom. The van der Waals surface area contributed by atoms with Gasteiger partial charge in [-0.2, -0.15) is 0 Å². The third-order valence-electron chi connectivity index (χ3n) is 1.83. The largest absolute Gasteiger partial charge is 0.497 e. The van der Waals surface area contributed by atoms with E-state index in [1.165, 1.54) is 13.2 Å². The molecule has 0 aromatic heterocycles. The predicted octanol–water partition coefficient (Wildman–Crippen LogP) is 3.95. The first-order valence-electron chi connectivity index (χ1n) is 4.07. The topological polar surface area (TPSA) is 44.8 Å². The van der Waals surface area contributed by atoms with Gasteiger partial charge in [-0.3, -0.25) is 4.57 Å². The molecule has 1 aromatic rings. The van der Waals surface area contributed by atoms with Crippen LogP contribution in [0.1, 0.15) is 5.56 Å². The van der Waals surface area contributed by atoms with Gasteiger partial charge in [-0.1, -0.05) is 15.9 Å². The lowest BCUT2D eigenvalue weighted by Crippen LogP contribution is -1.93. The molecule has 0 atom stereocenters. The first-order chi connectivity index (χ1) is 7.54. The Morgan fingerprint density at radius 1 is 1.38 bits per heavy atom. The lowest BCUT2D eigenvalue weighted by Gasteiger charge is -2.10. The van der Waals surface area contributed by atoms with E-state index in [1.54, 1.807) is 12.1 Å². The Bertz CT molecular complexity index is 407. The van der Waals surface area contributed by atoms with Crippen molar-refractivity contribution in [1.82, 2.24) is 0 Å². The molecule has 8 heteroatoms. The molecule has 0 spiro atoms. The zero-order chi connectivity index (χ0) is 12.2. The molecule has 0 saturated heterocycles. The summed E-state index contributed by atoms with van der Waals surface area (Å²) in [7, 11) is -2.94. The molecule has 0 N–H and O–H groups in total. The van der Waals surface area contributed by atoms with Gasteiger partial charge < -0.3 is 4.74 Å². The standard InChI is InChI=1S/C8H8BrF2O4P/c1-13-7-2-3-8(9)6(4-7)5-16(12,14-10)15-11/h2-4H,5H2,1H3. The van der Waals surface area contributed by atoms with Gasteiger partial charge in [0.25, 0.3) is 0 Å². The van der Waals surface area contributed by atoms with Gasteiger partial charge >= 0.3 is 7.60 Å². The van der Waals surface area contributed by atoms with E-state index in [9.17, 15) is 13.6 Å². The van der Waals surface area contributed by atoms with E-state index >= 15 is 0 Å². The predicted molar refractivity (Wildman–Crippen MR) is 56.4 cm³/mol. The van der Waals surface area contributed by atoms with Crippen LogP contribution < -0.4 is 4.74 Å². The molecule has 0 radical (unpaired) electrons. The molecule has 0 aliphatic carbocycles. The first-order valence-corrected chi connectivity index (χ1v) is 6.59. The maximum Gasteiger partial charge on any atom is 0.399 e. The minimum Gasteiger partial charge on any atom is -0.497 e. The van der Waals surface area contributed by atoms with Crippen LogP contribution in [0, 0.1) is 0 Å². The smallest absolute Gasteiger partial charge is 0.399 e. The molecule has 0 unspecified atom stereocenters. The van der Waals surface area contributed by atoms with Gasteiger partial charge in [0.05, 0.1) is 13.3 Å². The van der Waals surface area contributed by atoms with Crippen molar-refractivity contribution in [3.63, 3.8) is 0 Å². The summed E-state index contributed by atoms with van der Waals surface area (Å²) in [4.78, 5) is 0. The monoisotopic (exact) mass is 316 g/mol. The average Bonchev–Trinajstić information content (AvgIpc) is 2.32. The van der Waals surface area contributed by atoms with Gasteiger partial charge in [0, 0.05) is 4.47 Å². The number of hydrogen-bond acceptors (Lipinski definition) is 4. The molecule has 0 saturated carbocycles. The van der Waals surface area contributed by atoms with Crippen molar-refractivity contribution in [1.29, 1.82) is 0 Å². The summed E-state index contributed by atoms with van der Waals surface area (Å²) in [6.45, 7) is 0. The van der Waals surface area contributed by atoms with Crippen LogP contribution in [0.15, 0.2) is 22.7 Å². The van der Waals surface area contributed by atoms with Crippen molar-refractivity contribution in [2.24, 2.45) is 0 Å². The van der Waals surface area contributed by atoms with Gasteiger partial charge in [0.1, 0.15) is 5.75 Å². The summed E-state index contributed by atoms with van der Waals surface area (Å²) in [5.41, 5.74) is 0.345. The van der Waals surface area contributed by atoms with Crippen molar-refractivity contribution in [3.05, 3.63) is 28.2 Å². The van der Waals surface area contributed by atoms with E-state index in [0.29, 0.717) is 15.8 Å². The van der Waals surface area contributed by atoms with E-state index < -0.39 is 13.8 Å². The lowest BCUT2D eigenvalue weighted by atomic mass is 10.2. The van der Waals surface area contributed by atoms with Gasteiger partial charge in [-0.05, 0) is 32.8 Å². The number of methoxy groups -OCH3 is 1. The van der Waals surface area contributed by atoms with Gasteiger partial charge in [-0.25, -0.2) is 0 Å². The molecular weight excluding hydrogens is 309 g/mol. The molecule has 0 bridgehead atoms. The van der Waals surface area contributed by atoms with Crippen molar-refractivity contribution in [2.75, 3.05) is 7.11 Å².